The summed E-state index contributed by atoms with van der Waals surface area (Å²) in [6.07, 6.45) is 60.5. The molecule has 0 atom stereocenters. The molecular formula is C47H92O2. The lowest BCUT2D eigenvalue weighted by Crippen LogP contribution is -2.05. The Balaban J connectivity index is 3.14. The highest BCUT2D eigenvalue weighted by Gasteiger charge is 2.03. The maximum Gasteiger partial charge on any atom is 0.305 e. The Bertz CT molecular complexity index is 626. The molecule has 0 aromatic rings. The molecule has 0 aromatic heterocycles. The second-order valence-corrected chi connectivity index (χ2v) is 15.7. The van der Waals surface area contributed by atoms with Crippen LogP contribution in [0.5, 0.6) is 0 Å². The van der Waals surface area contributed by atoms with Crippen LogP contribution in [0, 0.1) is 0 Å². The standard InChI is InChI=1S/C47H92O2/c1-3-5-7-9-11-13-15-17-18-19-20-21-22-23-24-25-26-27-28-29-30-31-32-34-36-38-40-42-44-46-49-47(48)45-43-41-39-37-35-33-16-14-12-10-8-6-4-2/h14,16H,3-13,15,17-46H2,1-2H3/b16-14-. The monoisotopic (exact) mass is 689 g/mol. The Morgan fingerprint density at radius 2 is 0.571 bits per heavy atom. The molecule has 0 N–H and O–H groups in total. The second-order valence-electron chi connectivity index (χ2n) is 15.7. The fraction of sp³-hybridized carbons (Fsp3) is 0.936. The van der Waals surface area contributed by atoms with Crippen molar-refractivity contribution in [1.82, 2.24) is 0 Å². The number of rotatable bonds is 43. The molecule has 0 saturated heterocycles. The van der Waals surface area contributed by atoms with Gasteiger partial charge in [0.25, 0.3) is 0 Å². The van der Waals surface area contributed by atoms with Crippen molar-refractivity contribution in [3.05, 3.63) is 12.2 Å². The quantitative estimate of drug-likeness (QED) is 0.0362. The van der Waals surface area contributed by atoms with E-state index in [1.165, 1.54) is 238 Å². The Morgan fingerprint density at radius 3 is 0.898 bits per heavy atom. The minimum absolute atomic E-state index is 0.0197. The highest BCUT2D eigenvalue weighted by molar-refractivity contribution is 5.69. The fourth-order valence-corrected chi connectivity index (χ4v) is 7.19. The van der Waals surface area contributed by atoms with E-state index in [0.29, 0.717) is 13.0 Å². The van der Waals surface area contributed by atoms with E-state index in [1.54, 1.807) is 0 Å². The Hall–Kier alpha value is -0.790. The third-order valence-corrected chi connectivity index (χ3v) is 10.7. The summed E-state index contributed by atoms with van der Waals surface area (Å²) in [7, 11) is 0. The number of unbranched alkanes of at least 4 members (excludes halogenated alkanes) is 37. The maximum atomic E-state index is 12.0. The number of hydrogen-bond acceptors (Lipinski definition) is 2. The summed E-state index contributed by atoms with van der Waals surface area (Å²) in [4.78, 5) is 12.0. The van der Waals surface area contributed by atoms with Gasteiger partial charge in [-0.3, -0.25) is 4.79 Å². The van der Waals surface area contributed by atoms with Gasteiger partial charge in [-0.1, -0.05) is 244 Å². The molecule has 0 fully saturated rings. The molecule has 0 aliphatic heterocycles. The molecule has 49 heavy (non-hydrogen) atoms. The van der Waals surface area contributed by atoms with Gasteiger partial charge in [-0.15, -0.1) is 0 Å². The highest BCUT2D eigenvalue weighted by Crippen LogP contribution is 2.17. The van der Waals surface area contributed by atoms with E-state index in [-0.39, 0.29) is 5.97 Å². The molecule has 0 unspecified atom stereocenters. The molecule has 0 spiro atoms. The number of allylic oxidation sites excluding steroid dienone is 2. The van der Waals surface area contributed by atoms with Gasteiger partial charge in [0.15, 0.2) is 0 Å². The lowest BCUT2D eigenvalue weighted by molar-refractivity contribution is -0.143. The molecule has 0 radical (unpaired) electrons. The first-order valence-corrected chi connectivity index (χ1v) is 23.1. The smallest absolute Gasteiger partial charge is 0.305 e. The van der Waals surface area contributed by atoms with Crippen LogP contribution >= 0.6 is 0 Å². The van der Waals surface area contributed by atoms with E-state index in [0.717, 1.165) is 19.3 Å². The Kier molecular flexibility index (Phi) is 44.5. The number of hydrogen-bond donors (Lipinski definition) is 0. The predicted molar refractivity (Wildman–Crippen MR) is 221 cm³/mol. The van der Waals surface area contributed by atoms with Gasteiger partial charge in [0.05, 0.1) is 6.61 Å². The predicted octanol–water partition coefficient (Wildman–Crippen LogP) is 17.1. The van der Waals surface area contributed by atoms with E-state index < -0.39 is 0 Å². The van der Waals surface area contributed by atoms with Crippen molar-refractivity contribution < 1.29 is 9.53 Å². The summed E-state index contributed by atoms with van der Waals surface area (Å²) in [6.45, 7) is 5.20. The van der Waals surface area contributed by atoms with Gasteiger partial charge in [-0.05, 0) is 38.5 Å². The molecule has 292 valence electrons. The van der Waals surface area contributed by atoms with E-state index in [4.69, 9.17) is 4.74 Å². The van der Waals surface area contributed by atoms with Gasteiger partial charge in [-0.2, -0.15) is 0 Å². The molecule has 2 heteroatoms. The van der Waals surface area contributed by atoms with Crippen molar-refractivity contribution >= 4 is 5.97 Å². The summed E-state index contributed by atoms with van der Waals surface area (Å²) in [5.74, 6) is 0.0197. The molecule has 0 bridgehead atoms. The summed E-state index contributed by atoms with van der Waals surface area (Å²) >= 11 is 0. The van der Waals surface area contributed by atoms with Crippen LogP contribution in [-0.2, 0) is 9.53 Å². The van der Waals surface area contributed by atoms with Crippen LogP contribution in [0.3, 0.4) is 0 Å². The topological polar surface area (TPSA) is 26.3 Å². The van der Waals surface area contributed by atoms with Crippen molar-refractivity contribution in [2.45, 2.75) is 277 Å². The third-order valence-electron chi connectivity index (χ3n) is 10.7. The summed E-state index contributed by atoms with van der Waals surface area (Å²) < 4.78 is 5.46. The van der Waals surface area contributed by atoms with Crippen LogP contribution in [0.4, 0.5) is 0 Å². The van der Waals surface area contributed by atoms with Crippen LogP contribution in [-0.4, -0.2) is 12.6 Å². The van der Waals surface area contributed by atoms with E-state index in [1.807, 2.05) is 0 Å². The van der Waals surface area contributed by atoms with Gasteiger partial charge < -0.3 is 4.74 Å². The van der Waals surface area contributed by atoms with Gasteiger partial charge in [0.2, 0.25) is 0 Å². The van der Waals surface area contributed by atoms with Gasteiger partial charge >= 0.3 is 5.97 Å². The number of ether oxygens (including phenoxy) is 1. The zero-order valence-corrected chi connectivity index (χ0v) is 34.2. The maximum absolute atomic E-state index is 12.0. The highest BCUT2D eigenvalue weighted by atomic mass is 16.5. The van der Waals surface area contributed by atoms with Gasteiger partial charge in [-0.25, -0.2) is 0 Å². The molecule has 0 aliphatic carbocycles. The molecule has 2 nitrogen and oxygen atoms in total. The molecule has 0 aliphatic rings. The molecule has 0 heterocycles. The molecular weight excluding hydrogens is 597 g/mol. The summed E-state index contributed by atoms with van der Waals surface area (Å²) in [6, 6.07) is 0. The number of esters is 1. The van der Waals surface area contributed by atoms with E-state index >= 15 is 0 Å². The summed E-state index contributed by atoms with van der Waals surface area (Å²) in [5.41, 5.74) is 0. The molecule has 0 saturated carbocycles. The van der Waals surface area contributed by atoms with Crippen molar-refractivity contribution in [2.24, 2.45) is 0 Å². The lowest BCUT2D eigenvalue weighted by atomic mass is 10.0. The third kappa shape index (κ3) is 45.2. The second kappa shape index (κ2) is 45.2. The van der Waals surface area contributed by atoms with E-state index in [9.17, 15) is 4.79 Å². The normalized spacial score (nSPS) is 11.6. The minimum atomic E-state index is 0.0197. The SMILES string of the molecule is CCCCCC/C=C\CCCCCCCC(=O)OCCCCCCCCCCCCCCCCCCCCCCCCCCCCCCC. The molecule has 0 amide bonds. The number of carbonyl (C=O) groups is 1. The minimum Gasteiger partial charge on any atom is -0.466 e. The molecule has 0 rings (SSSR count). The van der Waals surface area contributed by atoms with Crippen molar-refractivity contribution in [2.75, 3.05) is 6.61 Å². The first-order chi connectivity index (χ1) is 24.3. The van der Waals surface area contributed by atoms with Crippen LogP contribution in [0.25, 0.3) is 0 Å². The van der Waals surface area contributed by atoms with Crippen molar-refractivity contribution in [3.8, 4) is 0 Å². The van der Waals surface area contributed by atoms with Gasteiger partial charge in [0.1, 0.15) is 0 Å². The molecule has 0 aromatic carbocycles. The van der Waals surface area contributed by atoms with E-state index in [2.05, 4.69) is 26.0 Å². The summed E-state index contributed by atoms with van der Waals surface area (Å²) in [5, 5.41) is 0. The zero-order valence-electron chi connectivity index (χ0n) is 34.2. The largest absolute Gasteiger partial charge is 0.466 e. The zero-order chi connectivity index (χ0) is 35.4. The first-order valence-electron chi connectivity index (χ1n) is 23.1. The van der Waals surface area contributed by atoms with Crippen LogP contribution in [0.15, 0.2) is 12.2 Å². The van der Waals surface area contributed by atoms with Crippen LogP contribution in [0.1, 0.15) is 277 Å². The fourth-order valence-electron chi connectivity index (χ4n) is 7.19. The number of carbonyl (C=O) groups excluding carboxylic acids is 1. The average molecular weight is 689 g/mol. The van der Waals surface area contributed by atoms with Crippen LogP contribution < -0.4 is 0 Å². The average Bonchev–Trinajstić information content (AvgIpc) is 3.11. The van der Waals surface area contributed by atoms with Crippen molar-refractivity contribution in [1.29, 1.82) is 0 Å². The first kappa shape index (κ1) is 48.2. The van der Waals surface area contributed by atoms with Crippen molar-refractivity contribution in [3.63, 3.8) is 0 Å². The Labute approximate surface area is 310 Å². The van der Waals surface area contributed by atoms with Gasteiger partial charge in [0, 0.05) is 6.42 Å². The van der Waals surface area contributed by atoms with Crippen LogP contribution in [0.2, 0.25) is 0 Å². The Morgan fingerprint density at radius 1 is 0.327 bits per heavy atom. The lowest BCUT2D eigenvalue weighted by Gasteiger charge is -2.06.